The number of aliphatic hydroxyl groups excluding tert-OH is 1. The fraction of sp³-hybridized carbons (Fsp3) is 0.943. The van der Waals surface area contributed by atoms with E-state index in [1.54, 1.807) is 0 Å². The Kier molecular flexibility index (Phi) is 58.5. The molecule has 0 rings (SSSR count). The summed E-state index contributed by atoms with van der Waals surface area (Å²) in [6.07, 6.45) is 41.6. The second kappa shape index (κ2) is 59.8. The van der Waals surface area contributed by atoms with Crippen LogP contribution in [0.5, 0.6) is 0 Å². The highest BCUT2D eigenvalue weighted by molar-refractivity contribution is 7.47. The lowest BCUT2D eigenvalue weighted by atomic mass is 9.99. The summed E-state index contributed by atoms with van der Waals surface area (Å²) < 4.78 is 68.3. The highest BCUT2D eigenvalue weighted by Crippen LogP contribution is 2.45. The number of carbonyl (C=O) groups excluding carboxylic acids is 4. The Balaban J connectivity index is 5.26. The molecule has 0 aliphatic heterocycles. The topological polar surface area (TPSA) is 237 Å². The van der Waals surface area contributed by atoms with Crippen LogP contribution in [-0.4, -0.2) is 96.7 Å². The fourth-order valence-electron chi connectivity index (χ4n) is 10.4. The van der Waals surface area contributed by atoms with Crippen molar-refractivity contribution in [3.05, 3.63) is 0 Å². The molecule has 0 saturated carbocycles. The van der Waals surface area contributed by atoms with E-state index >= 15 is 0 Å². The average molecular weight is 1310 g/mol. The summed E-state index contributed by atoms with van der Waals surface area (Å²) in [6, 6.07) is 0. The van der Waals surface area contributed by atoms with Crippen molar-refractivity contribution < 1.29 is 80.2 Å². The zero-order valence-corrected chi connectivity index (χ0v) is 59.8. The van der Waals surface area contributed by atoms with Gasteiger partial charge in [0.1, 0.15) is 19.3 Å². The van der Waals surface area contributed by atoms with E-state index in [1.165, 1.54) is 141 Å². The molecular formula is C70H136O17P2. The van der Waals surface area contributed by atoms with Gasteiger partial charge in [0.25, 0.3) is 0 Å². The third-order valence-electron chi connectivity index (χ3n) is 16.8. The van der Waals surface area contributed by atoms with Crippen molar-refractivity contribution in [3.8, 4) is 0 Å². The molecule has 3 N–H and O–H groups in total. The molecule has 0 aromatic rings. The van der Waals surface area contributed by atoms with Crippen molar-refractivity contribution in [1.29, 1.82) is 0 Å². The molecule has 0 fully saturated rings. The molecule has 17 nitrogen and oxygen atoms in total. The maximum atomic E-state index is 13.0. The molecule has 0 aliphatic rings. The molecule has 19 heteroatoms. The van der Waals surface area contributed by atoms with Crippen LogP contribution in [0.4, 0.5) is 0 Å². The smallest absolute Gasteiger partial charge is 0.462 e. The number of phosphoric ester groups is 2. The number of hydrogen-bond acceptors (Lipinski definition) is 15. The number of aliphatic hydroxyl groups is 1. The summed E-state index contributed by atoms with van der Waals surface area (Å²) in [6.45, 7) is 14.1. The molecule has 0 saturated heterocycles. The van der Waals surface area contributed by atoms with Gasteiger partial charge >= 0.3 is 39.5 Å². The Labute approximate surface area is 543 Å². The number of carbonyl (C=O) groups is 4. The van der Waals surface area contributed by atoms with Crippen LogP contribution in [0.15, 0.2) is 0 Å². The van der Waals surface area contributed by atoms with Crippen LogP contribution in [-0.2, 0) is 65.4 Å². The van der Waals surface area contributed by atoms with Crippen molar-refractivity contribution in [3.63, 3.8) is 0 Å². The summed E-state index contributed by atoms with van der Waals surface area (Å²) in [5.74, 6) is 0.905. The van der Waals surface area contributed by atoms with E-state index < -0.39 is 97.5 Å². The Morgan fingerprint density at radius 1 is 0.315 bits per heavy atom. The third-order valence-corrected chi connectivity index (χ3v) is 18.7. The Bertz CT molecular complexity index is 1770. The maximum Gasteiger partial charge on any atom is 0.472 e. The SMILES string of the molecule is CCC(C)CCCCCCCCCCCCC(=O)OC[C@H](COP(=O)(O)OCC(O)COP(=O)(O)OC[C@@H](COC(=O)CCCCCCCCCC(C)C)OC(=O)CCCCCCCCCCCCC(C)CC)OC(=O)CCCCCCCCCCC(C)C. The van der Waals surface area contributed by atoms with E-state index in [9.17, 15) is 43.2 Å². The lowest BCUT2D eigenvalue weighted by molar-refractivity contribution is -0.161. The van der Waals surface area contributed by atoms with E-state index in [1.807, 2.05) is 0 Å². The number of ether oxygens (including phenoxy) is 4. The van der Waals surface area contributed by atoms with Crippen molar-refractivity contribution >= 4 is 39.5 Å². The molecule has 5 unspecified atom stereocenters. The van der Waals surface area contributed by atoms with Crippen molar-refractivity contribution in [2.45, 2.75) is 363 Å². The third kappa shape index (κ3) is 62.0. The molecule has 528 valence electrons. The summed E-state index contributed by atoms with van der Waals surface area (Å²) in [5.41, 5.74) is 0. The highest BCUT2D eigenvalue weighted by Gasteiger charge is 2.30. The quantitative estimate of drug-likeness (QED) is 0.0222. The van der Waals surface area contributed by atoms with Crippen LogP contribution >= 0.6 is 15.6 Å². The first kappa shape index (κ1) is 87.1. The zero-order valence-electron chi connectivity index (χ0n) is 58.1. The summed E-state index contributed by atoms with van der Waals surface area (Å²) >= 11 is 0. The van der Waals surface area contributed by atoms with E-state index in [2.05, 4.69) is 55.4 Å². The van der Waals surface area contributed by atoms with Gasteiger partial charge in [-0.15, -0.1) is 0 Å². The number of unbranched alkanes of at least 4 members (excludes halogenated alkanes) is 31. The molecular weight excluding hydrogens is 1170 g/mol. The molecule has 0 heterocycles. The lowest BCUT2D eigenvalue weighted by Crippen LogP contribution is -2.30. The van der Waals surface area contributed by atoms with Crippen LogP contribution < -0.4 is 0 Å². The maximum absolute atomic E-state index is 13.0. The van der Waals surface area contributed by atoms with Crippen molar-refractivity contribution in [2.75, 3.05) is 39.6 Å². The molecule has 0 aromatic carbocycles. The first-order valence-corrected chi connectivity index (χ1v) is 39.3. The minimum Gasteiger partial charge on any atom is -0.462 e. The standard InChI is InChI=1S/C70H136O17P2/c1-9-62(7)48-40-32-24-15-11-13-17-26-34-42-50-67(72)80-56-65(87-70(75)53-45-37-28-20-19-22-30-38-46-60(3)4)58-84-88(76,77)82-54-64(71)55-83-89(78,79)85-59-66(57-81-68(73)51-43-35-29-21-23-31-39-47-61(5)6)86-69(74)52-44-36-27-18-14-12-16-25-33-41-49-63(8)10-2/h60-66,71H,9-59H2,1-8H3,(H,76,77)(H,78,79)/t62?,63?,64?,65-,66-/m1/s1. The predicted octanol–water partition coefficient (Wildman–Crippen LogP) is 19.7. The van der Waals surface area contributed by atoms with E-state index in [0.717, 1.165) is 114 Å². The molecule has 0 spiro atoms. The van der Waals surface area contributed by atoms with Gasteiger partial charge in [-0.05, 0) is 49.4 Å². The van der Waals surface area contributed by atoms with Gasteiger partial charge in [-0.25, -0.2) is 9.13 Å². The summed E-state index contributed by atoms with van der Waals surface area (Å²) in [7, 11) is -9.90. The average Bonchev–Trinajstić information content (AvgIpc) is 3.69. The molecule has 0 bridgehead atoms. The monoisotopic (exact) mass is 1310 g/mol. The molecule has 89 heavy (non-hydrogen) atoms. The molecule has 0 aliphatic carbocycles. The van der Waals surface area contributed by atoms with Gasteiger partial charge < -0.3 is 33.8 Å². The minimum atomic E-state index is -4.95. The first-order valence-electron chi connectivity index (χ1n) is 36.3. The van der Waals surface area contributed by atoms with Crippen LogP contribution in [0.1, 0.15) is 344 Å². The second-order valence-electron chi connectivity index (χ2n) is 26.7. The first-order chi connectivity index (χ1) is 42.7. The molecule has 0 aromatic heterocycles. The Morgan fingerprint density at radius 3 is 0.798 bits per heavy atom. The minimum absolute atomic E-state index is 0.104. The number of rotatable bonds is 67. The summed E-state index contributed by atoms with van der Waals surface area (Å²) in [5, 5.41) is 10.6. The molecule has 7 atom stereocenters. The van der Waals surface area contributed by atoms with E-state index in [4.69, 9.17) is 37.0 Å². The van der Waals surface area contributed by atoms with Crippen LogP contribution in [0.2, 0.25) is 0 Å². The van der Waals surface area contributed by atoms with Gasteiger partial charge in [0.2, 0.25) is 0 Å². The van der Waals surface area contributed by atoms with E-state index in [-0.39, 0.29) is 25.7 Å². The predicted molar refractivity (Wildman–Crippen MR) is 358 cm³/mol. The van der Waals surface area contributed by atoms with Gasteiger partial charge in [-0.2, -0.15) is 0 Å². The van der Waals surface area contributed by atoms with Gasteiger partial charge in [0.15, 0.2) is 12.2 Å². The van der Waals surface area contributed by atoms with Gasteiger partial charge in [0, 0.05) is 25.7 Å². The van der Waals surface area contributed by atoms with Gasteiger partial charge in [-0.3, -0.25) is 37.3 Å². The Hall–Kier alpha value is -1.94. The lowest BCUT2D eigenvalue weighted by Gasteiger charge is -2.21. The summed E-state index contributed by atoms with van der Waals surface area (Å²) in [4.78, 5) is 72.5. The van der Waals surface area contributed by atoms with Crippen molar-refractivity contribution in [1.82, 2.24) is 0 Å². The largest absolute Gasteiger partial charge is 0.472 e. The van der Waals surface area contributed by atoms with Crippen LogP contribution in [0.3, 0.4) is 0 Å². The molecule has 0 radical (unpaired) electrons. The second-order valence-corrected chi connectivity index (χ2v) is 29.6. The van der Waals surface area contributed by atoms with Gasteiger partial charge in [0.05, 0.1) is 26.4 Å². The molecule has 0 amide bonds. The fourth-order valence-corrected chi connectivity index (χ4v) is 12.0. The Morgan fingerprint density at radius 2 is 0.539 bits per heavy atom. The number of hydrogen-bond donors (Lipinski definition) is 3. The van der Waals surface area contributed by atoms with Crippen LogP contribution in [0, 0.1) is 23.7 Å². The normalized spacial score (nSPS) is 14.9. The number of esters is 4. The van der Waals surface area contributed by atoms with Crippen molar-refractivity contribution in [2.24, 2.45) is 23.7 Å². The highest BCUT2D eigenvalue weighted by atomic mass is 31.2. The van der Waals surface area contributed by atoms with E-state index in [0.29, 0.717) is 31.6 Å². The zero-order chi connectivity index (χ0) is 66.1. The van der Waals surface area contributed by atoms with Gasteiger partial charge in [-0.1, -0.05) is 293 Å². The van der Waals surface area contributed by atoms with Crippen LogP contribution in [0.25, 0.3) is 0 Å². The number of phosphoric acid groups is 2.